The van der Waals surface area contributed by atoms with E-state index in [4.69, 9.17) is 9.47 Å². The molecule has 0 fully saturated rings. The van der Waals surface area contributed by atoms with E-state index in [-0.39, 0.29) is 5.56 Å². The van der Waals surface area contributed by atoms with Crippen LogP contribution >= 0.6 is 0 Å². The molecule has 0 radical (unpaired) electrons. The molecule has 0 amide bonds. The summed E-state index contributed by atoms with van der Waals surface area (Å²) >= 11 is 0. The van der Waals surface area contributed by atoms with Crippen LogP contribution in [0.25, 0.3) is 22.3 Å². The summed E-state index contributed by atoms with van der Waals surface area (Å²) in [6.07, 6.45) is 9.95. The predicted molar refractivity (Wildman–Crippen MR) is 153 cm³/mol. The Kier molecular flexibility index (Phi) is 11.5. The maximum absolute atomic E-state index is 11.3. The van der Waals surface area contributed by atoms with Gasteiger partial charge in [0, 0.05) is 0 Å². The zero-order valence-corrected chi connectivity index (χ0v) is 22.7. The van der Waals surface area contributed by atoms with E-state index in [9.17, 15) is 9.90 Å². The summed E-state index contributed by atoms with van der Waals surface area (Å²) in [6.45, 7) is 8.02. The molecule has 3 rings (SSSR count). The Balaban J connectivity index is 1.73. The molecule has 3 aromatic rings. The molecule has 0 saturated carbocycles. The average Bonchev–Trinajstić information content (AvgIpc) is 2.93. The molecule has 1 unspecified atom stereocenters. The summed E-state index contributed by atoms with van der Waals surface area (Å²) in [6, 6.07) is 21.4. The quantitative estimate of drug-likeness (QED) is 0.198. The number of hydrogen-bond acceptors (Lipinski definition) is 3. The SMILES string of the molecule is CCCCCCCCCOc1ccc(-c2cc(OCC(C)CC)ccc2-c2ccc(C(=O)O)cc2)cc1. The van der Waals surface area contributed by atoms with Crippen LogP contribution in [0.5, 0.6) is 11.5 Å². The fourth-order valence-corrected chi connectivity index (χ4v) is 4.23. The Bertz CT molecular complexity index is 1090. The second-order valence-corrected chi connectivity index (χ2v) is 9.91. The van der Waals surface area contributed by atoms with Gasteiger partial charge in [-0.15, -0.1) is 0 Å². The molecule has 1 N–H and O–H groups in total. The number of hydrogen-bond donors (Lipinski definition) is 1. The van der Waals surface area contributed by atoms with E-state index < -0.39 is 5.97 Å². The van der Waals surface area contributed by atoms with Crippen molar-refractivity contribution in [1.29, 1.82) is 0 Å². The third kappa shape index (κ3) is 8.96. The van der Waals surface area contributed by atoms with Crippen LogP contribution in [0.2, 0.25) is 0 Å². The van der Waals surface area contributed by atoms with Gasteiger partial charge in [0.2, 0.25) is 0 Å². The molecule has 0 aromatic heterocycles. The van der Waals surface area contributed by atoms with Crippen molar-refractivity contribution in [2.45, 2.75) is 72.1 Å². The van der Waals surface area contributed by atoms with Crippen molar-refractivity contribution in [2.24, 2.45) is 5.92 Å². The number of ether oxygens (including phenoxy) is 2. The summed E-state index contributed by atoms with van der Waals surface area (Å²) in [4.78, 5) is 11.3. The first-order valence-corrected chi connectivity index (χ1v) is 13.9. The van der Waals surface area contributed by atoms with Crippen LogP contribution in [0.1, 0.15) is 82.5 Å². The van der Waals surface area contributed by atoms with E-state index >= 15 is 0 Å². The summed E-state index contributed by atoms with van der Waals surface area (Å²) in [5.74, 6) is 1.28. The van der Waals surface area contributed by atoms with E-state index in [1.54, 1.807) is 12.1 Å². The Hall–Kier alpha value is -3.27. The predicted octanol–water partition coefficient (Wildman–Crippen LogP) is 9.27. The molecule has 0 bridgehead atoms. The first-order chi connectivity index (χ1) is 18.0. The van der Waals surface area contributed by atoms with Crippen LogP contribution in [0.15, 0.2) is 66.7 Å². The number of carboxylic acid groups (broad SMARTS) is 1. The van der Waals surface area contributed by atoms with E-state index in [0.717, 1.165) is 53.2 Å². The van der Waals surface area contributed by atoms with Gasteiger partial charge in [0.1, 0.15) is 11.5 Å². The molecule has 0 aliphatic rings. The van der Waals surface area contributed by atoms with E-state index in [2.05, 4.69) is 45.0 Å². The second-order valence-electron chi connectivity index (χ2n) is 9.91. The topological polar surface area (TPSA) is 55.8 Å². The third-order valence-electron chi connectivity index (χ3n) is 6.85. The third-order valence-corrected chi connectivity index (χ3v) is 6.85. The molecule has 0 spiro atoms. The minimum Gasteiger partial charge on any atom is -0.494 e. The number of unbranched alkanes of at least 4 members (excludes halogenated alkanes) is 6. The van der Waals surface area contributed by atoms with Crippen LogP contribution in [0.3, 0.4) is 0 Å². The number of benzene rings is 3. The highest BCUT2D eigenvalue weighted by atomic mass is 16.5. The van der Waals surface area contributed by atoms with Gasteiger partial charge in [0.15, 0.2) is 0 Å². The van der Waals surface area contributed by atoms with Gasteiger partial charge in [-0.25, -0.2) is 4.79 Å². The van der Waals surface area contributed by atoms with Crippen molar-refractivity contribution in [1.82, 2.24) is 0 Å². The van der Waals surface area contributed by atoms with Crippen molar-refractivity contribution in [3.8, 4) is 33.8 Å². The number of rotatable bonds is 16. The standard InChI is InChI=1S/C33H42O4/c1-4-6-7-8-9-10-11-22-36-29-18-16-27(17-19-29)32-23-30(37-24-25(3)5-2)20-21-31(32)26-12-14-28(15-13-26)33(34)35/h12-21,23,25H,4-11,22,24H2,1-3H3,(H,34,35). The Morgan fingerprint density at radius 3 is 1.97 bits per heavy atom. The molecule has 1 atom stereocenters. The molecule has 4 heteroatoms. The van der Waals surface area contributed by atoms with Gasteiger partial charge in [-0.2, -0.15) is 0 Å². The van der Waals surface area contributed by atoms with Gasteiger partial charge in [-0.1, -0.05) is 96.0 Å². The van der Waals surface area contributed by atoms with Gasteiger partial charge in [0.25, 0.3) is 0 Å². The zero-order valence-electron chi connectivity index (χ0n) is 22.7. The average molecular weight is 503 g/mol. The fourth-order valence-electron chi connectivity index (χ4n) is 4.23. The smallest absolute Gasteiger partial charge is 0.335 e. The van der Waals surface area contributed by atoms with Gasteiger partial charge < -0.3 is 14.6 Å². The highest BCUT2D eigenvalue weighted by Gasteiger charge is 2.12. The number of carboxylic acids is 1. The summed E-state index contributed by atoms with van der Waals surface area (Å²) < 4.78 is 12.1. The normalized spacial score (nSPS) is 11.8. The van der Waals surface area contributed by atoms with Crippen molar-refractivity contribution >= 4 is 5.97 Å². The minimum atomic E-state index is -0.923. The molecule has 0 heterocycles. The maximum Gasteiger partial charge on any atom is 0.335 e. The molecule has 198 valence electrons. The largest absolute Gasteiger partial charge is 0.494 e. The summed E-state index contributed by atoms with van der Waals surface area (Å²) in [5, 5.41) is 9.27. The van der Waals surface area contributed by atoms with E-state index in [0.29, 0.717) is 12.5 Å². The lowest BCUT2D eigenvalue weighted by Gasteiger charge is -2.16. The molecule has 3 aromatic carbocycles. The summed E-state index contributed by atoms with van der Waals surface area (Å²) in [5.41, 5.74) is 4.39. The first kappa shape index (κ1) is 28.3. The molecule has 4 nitrogen and oxygen atoms in total. The lowest BCUT2D eigenvalue weighted by atomic mass is 9.93. The monoisotopic (exact) mass is 502 g/mol. The zero-order chi connectivity index (χ0) is 26.5. The van der Waals surface area contributed by atoms with Crippen molar-refractivity contribution in [3.63, 3.8) is 0 Å². The van der Waals surface area contributed by atoms with Crippen molar-refractivity contribution < 1.29 is 19.4 Å². The van der Waals surface area contributed by atoms with Crippen LogP contribution in [0.4, 0.5) is 0 Å². The van der Waals surface area contributed by atoms with Crippen molar-refractivity contribution in [3.05, 3.63) is 72.3 Å². The highest BCUT2D eigenvalue weighted by molar-refractivity contribution is 5.90. The van der Waals surface area contributed by atoms with Gasteiger partial charge in [0.05, 0.1) is 18.8 Å². The van der Waals surface area contributed by atoms with Gasteiger partial charge >= 0.3 is 5.97 Å². The lowest BCUT2D eigenvalue weighted by molar-refractivity contribution is 0.0697. The van der Waals surface area contributed by atoms with E-state index in [1.165, 1.54) is 38.5 Å². The Morgan fingerprint density at radius 1 is 0.730 bits per heavy atom. The van der Waals surface area contributed by atoms with Crippen LogP contribution < -0.4 is 9.47 Å². The number of carbonyl (C=O) groups is 1. The Morgan fingerprint density at radius 2 is 1.32 bits per heavy atom. The van der Waals surface area contributed by atoms with Crippen molar-refractivity contribution in [2.75, 3.05) is 13.2 Å². The molecule has 37 heavy (non-hydrogen) atoms. The van der Waals surface area contributed by atoms with E-state index in [1.807, 2.05) is 30.3 Å². The minimum absolute atomic E-state index is 0.279. The Labute approximate surface area is 222 Å². The first-order valence-electron chi connectivity index (χ1n) is 13.9. The number of aromatic carboxylic acids is 1. The fraction of sp³-hybridized carbons (Fsp3) is 0.424. The maximum atomic E-state index is 11.3. The molecular formula is C33H42O4. The molecule has 0 aliphatic heterocycles. The second kappa shape index (κ2) is 15.1. The van der Waals surface area contributed by atoms with Gasteiger partial charge in [-0.05, 0) is 71.0 Å². The molecular weight excluding hydrogens is 460 g/mol. The van der Waals surface area contributed by atoms with Crippen LogP contribution in [-0.4, -0.2) is 24.3 Å². The van der Waals surface area contributed by atoms with Gasteiger partial charge in [-0.3, -0.25) is 0 Å². The van der Waals surface area contributed by atoms with Crippen LogP contribution in [-0.2, 0) is 0 Å². The van der Waals surface area contributed by atoms with Crippen LogP contribution in [0, 0.1) is 5.92 Å². The highest BCUT2D eigenvalue weighted by Crippen LogP contribution is 2.36. The molecule has 0 aliphatic carbocycles. The molecule has 0 saturated heterocycles. The summed E-state index contributed by atoms with van der Waals surface area (Å²) in [7, 11) is 0. The lowest BCUT2D eigenvalue weighted by Crippen LogP contribution is -2.07.